The van der Waals surface area contributed by atoms with E-state index in [1.165, 1.54) is 0 Å². The molecule has 164 valence electrons. The highest BCUT2D eigenvalue weighted by Gasteiger charge is 2.28. The summed E-state index contributed by atoms with van der Waals surface area (Å²) in [6.07, 6.45) is 2.56. The largest absolute Gasteiger partial charge is 0.339 e. The van der Waals surface area contributed by atoms with Crippen LogP contribution in [0.1, 0.15) is 46.3 Å². The molecule has 0 bridgehead atoms. The molecule has 1 aliphatic rings. The van der Waals surface area contributed by atoms with E-state index >= 15 is 0 Å². The Labute approximate surface area is 185 Å². The molecule has 9 heteroatoms. The van der Waals surface area contributed by atoms with Gasteiger partial charge in [-0.25, -0.2) is 9.50 Å². The molecule has 0 aliphatic carbocycles. The maximum Gasteiger partial charge on any atom is 0.293 e. The molecule has 1 aromatic carbocycles. The molecule has 0 N–H and O–H groups in total. The predicted octanol–water partition coefficient (Wildman–Crippen LogP) is 3.19. The maximum absolute atomic E-state index is 13.1. The fourth-order valence-corrected chi connectivity index (χ4v) is 4.33. The number of piperidine rings is 1. The molecule has 3 aromatic heterocycles. The van der Waals surface area contributed by atoms with E-state index in [2.05, 4.69) is 25.2 Å². The molecular formula is C23H25N7O2. The molecule has 4 heterocycles. The fraction of sp³-hybridized carbons (Fsp3) is 0.391. The lowest BCUT2D eigenvalue weighted by Crippen LogP contribution is -2.41. The van der Waals surface area contributed by atoms with Crippen LogP contribution in [0.4, 0.5) is 0 Å². The van der Waals surface area contributed by atoms with Crippen molar-refractivity contribution in [2.45, 2.75) is 40.0 Å². The molecule has 5 rings (SSSR count). The first kappa shape index (κ1) is 20.3. The highest BCUT2D eigenvalue weighted by atomic mass is 16.5. The van der Waals surface area contributed by atoms with Crippen LogP contribution in [-0.2, 0) is 6.42 Å². The zero-order valence-corrected chi connectivity index (χ0v) is 18.4. The van der Waals surface area contributed by atoms with Crippen molar-refractivity contribution in [1.29, 1.82) is 0 Å². The van der Waals surface area contributed by atoms with Gasteiger partial charge in [-0.05, 0) is 51.2 Å². The SMILES string of the molecule is Cc1cc(C)n2nc(C(=O)N3CCC[C@@H](Cc4nc(-c5ccccc5C)no4)C3)nc2n1. The highest BCUT2D eigenvalue weighted by molar-refractivity contribution is 5.91. The summed E-state index contributed by atoms with van der Waals surface area (Å²) in [5.74, 6) is 1.93. The molecule has 1 aliphatic heterocycles. The van der Waals surface area contributed by atoms with Crippen LogP contribution in [0.15, 0.2) is 34.9 Å². The maximum atomic E-state index is 13.1. The zero-order valence-electron chi connectivity index (χ0n) is 18.4. The first-order valence-corrected chi connectivity index (χ1v) is 10.9. The lowest BCUT2D eigenvalue weighted by atomic mass is 9.94. The van der Waals surface area contributed by atoms with E-state index < -0.39 is 0 Å². The van der Waals surface area contributed by atoms with Crippen molar-refractivity contribution in [3.8, 4) is 11.4 Å². The molecule has 1 amide bonds. The van der Waals surface area contributed by atoms with Crippen LogP contribution < -0.4 is 0 Å². The molecule has 0 unspecified atom stereocenters. The van der Waals surface area contributed by atoms with Crippen molar-refractivity contribution in [2.75, 3.05) is 13.1 Å². The van der Waals surface area contributed by atoms with E-state index in [0.29, 0.717) is 37.0 Å². The van der Waals surface area contributed by atoms with Crippen molar-refractivity contribution in [3.05, 3.63) is 59.0 Å². The second-order valence-electron chi connectivity index (χ2n) is 8.48. The number of amides is 1. The lowest BCUT2D eigenvalue weighted by Gasteiger charge is -2.31. The van der Waals surface area contributed by atoms with Crippen molar-refractivity contribution in [2.24, 2.45) is 5.92 Å². The van der Waals surface area contributed by atoms with Crippen LogP contribution in [0.3, 0.4) is 0 Å². The number of hydrogen-bond donors (Lipinski definition) is 0. The minimum absolute atomic E-state index is 0.164. The predicted molar refractivity (Wildman–Crippen MR) is 117 cm³/mol. The van der Waals surface area contributed by atoms with Gasteiger partial charge in [0.1, 0.15) is 0 Å². The van der Waals surface area contributed by atoms with E-state index in [1.54, 1.807) is 4.52 Å². The van der Waals surface area contributed by atoms with Crippen molar-refractivity contribution < 1.29 is 9.32 Å². The summed E-state index contributed by atoms with van der Waals surface area (Å²) in [5.41, 5.74) is 3.83. The minimum Gasteiger partial charge on any atom is -0.339 e. The molecule has 0 spiro atoms. The molecule has 9 nitrogen and oxygen atoms in total. The second-order valence-corrected chi connectivity index (χ2v) is 8.48. The van der Waals surface area contributed by atoms with E-state index in [4.69, 9.17) is 4.52 Å². The number of hydrogen-bond acceptors (Lipinski definition) is 7. The van der Waals surface area contributed by atoms with Gasteiger partial charge in [0.05, 0.1) is 0 Å². The van der Waals surface area contributed by atoms with E-state index in [9.17, 15) is 4.79 Å². The topological polar surface area (TPSA) is 102 Å². The first-order valence-electron chi connectivity index (χ1n) is 10.9. The van der Waals surface area contributed by atoms with E-state index in [1.807, 2.05) is 56.0 Å². The summed E-state index contributed by atoms with van der Waals surface area (Å²) >= 11 is 0. The smallest absolute Gasteiger partial charge is 0.293 e. The monoisotopic (exact) mass is 431 g/mol. The molecule has 4 aromatic rings. The molecular weight excluding hydrogens is 406 g/mol. The Morgan fingerprint density at radius 3 is 2.84 bits per heavy atom. The number of nitrogens with zero attached hydrogens (tertiary/aromatic N) is 7. The minimum atomic E-state index is -0.164. The Bertz CT molecular complexity index is 1290. The van der Waals surface area contributed by atoms with Crippen LogP contribution >= 0.6 is 0 Å². The summed E-state index contributed by atoms with van der Waals surface area (Å²) in [6.45, 7) is 7.16. The van der Waals surface area contributed by atoms with Gasteiger partial charge in [-0.2, -0.15) is 9.97 Å². The van der Waals surface area contributed by atoms with Crippen molar-refractivity contribution >= 4 is 11.7 Å². The number of carbonyl (C=O) groups is 1. The van der Waals surface area contributed by atoms with Gasteiger partial charge < -0.3 is 9.42 Å². The Morgan fingerprint density at radius 1 is 1.16 bits per heavy atom. The van der Waals surface area contributed by atoms with Gasteiger partial charge in [0, 0.05) is 36.5 Å². The van der Waals surface area contributed by atoms with Crippen molar-refractivity contribution in [3.63, 3.8) is 0 Å². The van der Waals surface area contributed by atoms with Gasteiger partial charge in [-0.1, -0.05) is 29.4 Å². The molecule has 1 saturated heterocycles. The Kier molecular flexibility index (Phi) is 5.16. The van der Waals surface area contributed by atoms with Gasteiger partial charge in [-0.3, -0.25) is 4.79 Å². The first-order chi connectivity index (χ1) is 15.5. The Balaban J connectivity index is 1.29. The number of fused-ring (bicyclic) bond motifs is 1. The Hall–Kier alpha value is -3.62. The number of likely N-dealkylation sites (tertiary alicyclic amines) is 1. The molecule has 32 heavy (non-hydrogen) atoms. The molecule has 1 fully saturated rings. The van der Waals surface area contributed by atoms with Crippen LogP contribution in [0.2, 0.25) is 0 Å². The average molecular weight is 432 g/mol. The number of carbonyl (C=O) groups excluding carboxylic acids is 1. The third-order valence-corrected chi connectivity index (χ3v) is 5.93. The number of aryl methyl sites for hydroxylation is 3. The fourth-order valence-electron chi connectivity index (χ4n) is 4.33. The summed E-state index contributed by atoms with van der Waals surface area (Å²) in [5, 5.41) is 8.55. The Morgan fingerprint density at radius 2 is 2.00 bits per heavy atom. The molecule has 0 saturated carbocycles. The highest BCUT2D eigenvalue weighted by Crippen LogP contribution is 2.24. The van der Waals surface area contributed by atoms with E-state index in [0.717, 1.165) is 35.4 Å². The third kappa shape index (κ3) is 3.86. The van der Waals surface area contributed by atoms with Gasteiger partial charge in [0.15, 0.2) is 0 Å². The third-order valence-electron chi connectivity index (χ3n) is 5.93. The average Bonchev–Trinajstić information content (AvgIpc) is 3.41. The van der Waals surface area contributed by atoms with E-state index in [-0.39, 0.29) is 17.6 Å². The normalized spacial score (nSPS) is 16.6. The van der Waals surface area contributed by atoms with Crippen LogP contribution in [-0.4, -0.2) is 53.6 Å². The number of benzene rings is 1. The van der Waals surface area contributed by atoms with Gasteiger partial charge in [0.25, 0.3) is 11.7 Å². The summed E-state index contributed by atoms with van der Waals surface area (Å²) in [4.78, 5) is 28.3. The summed E-state index contributed by atoms with van der Waals surface area (Å²) in [6, 6.07) is 9.90. The standard InChI is InChI=1S/C23H25N7O2/c1-14-7-4-5-9-18(14)20-25-19(32-28-20)12-17-8-6-10-29(13-17)22(31)21-26-23-24-15(2)11-16(3)30(23)27-21/h4-5,7,9,11,17H,6,8,10,12-13H2,1-3H3/t17-/m0/s1. The molecule has 1 atom stereocenters. The van der Waals surface area contributed by atoms with Crippen LogP contribution in [0.25, 0.3) is 17.2 Å². The van der Waals surface area contributed by atoms with Crippen LogP contribution in [0, 0.1) is 26.7 Å². The number of rotatable bonds is 4. The summed E-state index contributed by atoms with van der Waals surface area (Å²) in [7, 11) is 0. The quantitative estimate of drug-likeness (QED) is 0.489. The molecule has 0 radical (unpaired) electrons. The van der Waals surface area contributed by atoms with Crippen molar-refractivity contribution in [1.82, 2.24) is 34.6 Å². The van der Waals surface area contributed by atoms with Gasteiger partial charge >= 0.3 is 0 Å². The second kappa shape index (κ2) is 8.14. The lowest BCUT2D eigenvalue weighted by molar-refractivity contribution is 0.0656. The van der Waals surface area contributed by atoms with Gasteiger partial charge in [0.2, 0.25) is 17.5 Å². The van der Waals surface area contributed by atoms with Crippen LogP contribution in [0.5, 0.6) is 0 Å². The zero-order chi connectivity index (χ0) is 22.2. The summed E-state index contributed by atoms with van der Waals surface area (Å²) < 4.78 is 7.14. The number of aromatic nitrogens is 6. The van der Waals surface area contributed by atoms with Gasteiger partial charge in [-0.15, -0.1) is 5.10 Å².